The van der Waals surface area contributed by atoms with E-state index in [1.165, 1.54) is 0 Å². The summed E-state index contributed by atoms with van der Waals surface area (Å²) < 4.78 is 5.56. The quantitative estimate of drug-likeness (QED) is 0.621. The topological polar surface area (TPSA) is 75.4 Å². The first-order valence-corrected chi connectivity index (χ1v) is 7.63. The van der Waals surface area contributed by atoms with E-state index < -0.39 is 12.0 Å². The second-order valence-corrected chi connectivity index (χ2v) is 5.84. The van der Waals surface area contributed by atoms with Gasteiger partial charge in [0.1, 0.15) is 11.6 Å². The molecule has 0 aliphatic carbocycles. The van der Waals surface area contributed by atoms with E-state index in [0.717, 1.165) is 10.5 Å². The lowest BCUT2D eigenvalue weighted by molar-refractivity contribution is -0.138. The fraction of sp³-hybridized carbons (Fsp3) is 0.176. The standard InChI is InChI=1S/C17H16N2O3S/c1-10(11-6-8-12(23)9-7-11)15(16(20)21)19-17-18-13-4-2-3-5-14(13)22-17/h2-10,15,23H,1H3,(H,18,19)(H,20,21)/t10?,15-/m0/s1. The van der Waals surface area contributed by atoms with Crippen molar-refractivity contribution in [3.05, 3.63) is 54.1 Å². The highest BCUT2D eigenvalue weighted by Gasteiger charge is 2.27. The van der Waals surface area contributed by atoms with Crippen LogP contribution in [0.2, 0.25) is 0 Å². The number of nitrogens with zero attached hydrogens (tertiary/aromatic N) is 1. The van der Waals surface area contributed by atoms with Crippen molar-refractivity contribution in [2.45, 2.75) is 23.8 Å². The molecule has 118 valence electrons. The number of benzene rings is 2. The van der Waals surface area contributed by atoms with Gasteiger partial charge in [-0.1, -0.05) is 31.2 Å². The third kappa shape index (κ3) is 3.32. The molecule has 3 aromatic rings. The minimum Gasteiger partial charge on any atom is -0.480 e. The fourth-order valence-corrected chi connectivity index (χ4v) is 2.59. The van der Waals surface area contributed by atoms with Gasteiger partial charge in [0, 0.05) is 10.8 Å². The number of hydrogen-bond donors (Lipinski definition) is 3. The normalized spacial score (nSPS) is 13.7. The van der Waals surface area contributed by atoms with Crippen molar-refractivity contribution >= 4 is 35.7 Å². The average molecular weight is 328 g/mol. The molecule has 5 nitrogen and oxygen atoms in total. The highest BCUT2D eigenvalue weighted by molar-refractivity contribution is 7.80. The molecule has 2 aromatic carbocycles. The minimum absolute atomic E-state index is 0.205. The van der Waals surface area contributed by atoms with Crippen molar-refractivity contribution in [1.82, 2.24) is 4.98 Å². The first kappa shape index (κ1) is 15.4. The molecule has 1 heterocycles. The molecule has 0 fully saturated rings. The van der Waals surface area contributed by atoms with Crippen LogP contribution >= 0.6 is 12.6 Å². The van der Waals surface area contributed by atoms with Crippen molar-refractivity contribution in [3.63, 3.8) is 0 Å². The molecule has 1 unspecified atom stereocenters. The van der Waals surface area contributed by atoms with Gasteiger partial charge in [-0.25, -0.2) is 4.79 Å². The summed E-state index contributed by atoms with van der Waals surface area (Å²) in [4.78, 5) is 16.8. The largest absolute Gasteiger partial charge is 0.480 e. The van der Waals surface area contributed by atoms with Crippen LogP contribution < -0.4 is 5.32 Å². The van der Waals surface area contributed by atoms with E-state index in [9.17, 15) is 9.90 Å². The Bertz CT molecular complexity index is 796. The van der Waals surface area contributed by atoms with Gasteiger partial charge in [-0.05, 0) is 29.8 Å². The number of carboxylic acids is 1. The van der Waals surface area contributed by atoms with E-state index in [-0.39, 0.29) is 11.9 Å². The van der Waals surface area contributed by atoms with Gasteiger partial charge in [-0.3, -0.25) is 0 Å². The molecule has 2 atom stereocenters. The summed E-state index contributed by atoms with van der Waals surface area (Å²) in [6.45, 7) is 1.85. The maximum absolute atomic E-state index is 11.7. The Morgan fingerprint density at radius 3 is 2.57 bits per heavy atom. The minimum atomic E-state index is -0.963. The lowest BCUT2D eigenvalue weighted by Gasteiger charge is -2.21. The molecule has 0 amide bonds. The maximum atomic E-state index is 11.7. The van der Waals surface area contributed by atoms with Crippen LogP contribution in [0.1, 0.15) is 18.4 Å². The number of carboxylic acid groups (broad SMARTS) is 1. The van der Waals surface area contributed by atoms with E-state index in [0.29, 0.717) is 11.1 Å². The average Bonchev–Trinajstić information content (AvgIpc) is 2.95. The van der Waals surface area contributed by atoms with E-state index in [4.69, 9.17) is 4.42 Å². The highest BCUT2D eigenvalue weighted by Crippen LogP contribution is 2.25. The summed E-state index contributed by atoms with van der Waals surface area (Å²) in [7, 11) is 0. The van der Waals surface area contributed by atoms with Gasteiger partial charge in [0.2, 0.25) is 0 Å². The lowest BCUT2D eigenvalue weighted by atomic mass is 9.93. The number of nitrogens with one attached hydrogen (secondary N) is 1. The number of fused-ring (bicyclic) bond motifs is 1. The highest BCUT2D eigenvalue weighted by atomic mass is 32.1. The molecule has 0 saturated carbocycles. The molecule has 0 radical (unpaired) electrons. The van der Waals surface area contributed by atoms with E-state index >= 15 is 0 Å². The second kappa shape index (κ2) is 6.34. The summed E-state index contributed by atoms with van der Waals surface area (Å²) in [6.07, 6.45) is 0. The van der Waals surface area contributed by atoms with Crippen LogP contribution in [-0.4, -0.2) is 22.1 Å². The monoisotopic (exact) mass is 328 g/mol. The number of anilines is 1. The van der Waals surface area contributed by atoms with Crippen molar-refractivity contribution < 1.29 is 14.3 Å². The number of aromatic nitrogens is 1. The zero-order valence-corrected chi connectivity index (χ0v) is 13.3. The van der Waals surface area contributed by atoms with Crippen molar-refractivity contribution in [2.24, 2.45) is 0 Å². The zero-order valence-electron chi connectivity index (χ0n) is 12.4. The first-order chi connectivity index (χ1) is 11.0. The van der Waals surface area contributed by atoms with Crippen LogP contribution in [0.3, 0.4) is 0 Å². The Hall–Kier alpha value is -2.47. The van der Waals surface area contributed by atoms with Gasteiger partial charge in [0.15, 0.2) is 5.58 Å². The fourth-order valence-electron chi connectivity index (χ4n) is 2.44. The Morgan fingerprint density at radius 1 is 1.22 bits per heavy atom. The molecule has 23 heavy (non-hydrogen) atoms. The Labute approximate surface area is 138 Å². The van der Waals surface area contributed by atoms with Crippen molar-refractivity contribution in [1.29, 1.82) is 0 Å². The van der Waals surface area contributed by atoms with Crippen LogP contribution in [-0.2, 0) is 4.79 Å². The number of thiol groups is 1. The number of hydrogen-bond acceptors (Lipinski definition) is 5. The maximum Gasteiger partial charge on any atom is 0.326 e. The molecule has 2 N–H and O–H groups in total. The van der Waals surface area contributed by atoms with Gasteiger partial charge in [0.25, 0.3) is 6.01 Å². The predicted octanol–water partition coefficient (Wildman–Crippen LogP) is 3.79. The Morgan fingerprint density at radius 2 is 1.91 bits per heavy atom. The van der Waals surface area contributed by atoms with Crippen LogP contribution in [0.4, 0.5) is 6.01 Å². The summed E-state index contributed by atoms with van der Waals surface area (Å²) in [5.74, 6) is -1.23. The van der Waals surface area contributed by atoms with E-state index in [2.05, 4.69) is 22.9 Å². The van der Waals surface area contributed by atoms with Crippen LogP contribution in [0.15, 0.2) is 57.8 Å². The number of rotatable bonds is 5. The summed E-state index contributed by atoms with van der Waals surface area (Å²) in [6, 6.07) is 14.1. The van der Waals surface area contributed by atoms with Crippen LogP contribution in [0.25, 0.3) is 11.1 Å². The van der Waals surface area contributed by atoms with Gasteiger partial charge in [-0.2, -0.15) is 4.98 Å². The number of para-hydroxylation sites is 2. The van der Waals surface area contributed by atoms with Crippen molar-refractivity contribution in [3.8, 4) is 0 Å². The lowest BCUT2D eigenvalue weighted by Crippen LogP contribution is -2.34. The molecular formula is C17H16N2O3S. The van der Waals surface area contributed by atoms with Crippen molar-refractivity contribution in [2.75, 3.05) is 5.32 Å². The molecule has 0 aliphatic heterocycles. The summed E-state index contributed by atoms with van der Waals surface area (Å²) in [5, 5.41) is 12.4. The van der Waals surface area contributed by atoms with E-state index in [1.54, 1.807) is 6.07 Å². The second-order valence-electron chi connectivity index (χ2n) is 5.33. The molecule has 0 spiro atoms. The molecular weight excluding hydrogens is 312 g/mol. The van der Waals surface area contributed by atoms with Gasteiger partial charge in [-0.15, -0.1) is 12.6 Å². The summed E-state index contributed by atoms with van der Waals surface area (Å²) >= 11 is 4.24. The van der Waals surface area contributed by atoms with Gasteiger partial charge < -0.3 is 14.8 Å². The summed E-state index contributed by atoms with van der Waals surface area (Å²) in [5.41, 5.74) is 2.20. The third-order valence-corrected chi connectivity index (χ3v) is 4.06. The zero-order chi connectivity index (χ0) is 16.4. The SMILES string of the molecule is CC(c1ccc(S)cc1)[C@H](Nc1nc2ccccc2o1)C(=O)O. The van der Waals surface area contributed by atoms with E-state index in [1.807, 2.05) is 49.4 Å². The van der Waals surface area contributed by atoms with Crippen LogP contribution in [0.5, 0.6) is 0 Å². The molecule has 3 rings (SSSR count). The number of aliphatic carboxylic acids is 1. The number of carbonyl (C=O) groups is 1. The van der Waals surface area contributed by atoms with Crippen LogP contribution in [0, 0.1) is 0 Å². The number of oxazole rings is 1. The van der Waals surface area contributed by atoms with Gasteiger partial charge >= 0.3 is 5.97 Å². The first-order valence-electron chi connectivity index (χ1n) is 7.18. The Kier molecular flexibility index (Phi) is 4.25. The molecule has 0 aliphatic rings. The Balaban J connectivity index is 1.86. The smallest absolute Gasteiger partial charge is 0.326 e. The predicted molar refractivity (Wildman–Crippen MR) is 91.2 cm³/mol. The molecule has 6 heteroatoms. The molecule has 0 bridgehead atoms. The molecule has 0 saturated heterocycles. The third-order valence-electron chi connectivity index (χ3n) is 3.76. The van der Waals surface area contributed by atoms with Gasteiger partial charge in [0.05, 0.1) is 0 Å². The molecule has 1 aromatic heterocycles.